The number of carboxylic acids is 2. The minimum Gasteiger partial charge on any atom is -0.481 e. The van der Waals surface area contributed by atoms with E-state index < -0.39 is 41.9 Å². The number of nitrogens with two attached hydrogens (primary N) is 2. The molecule has 54 heavy (non-hydrogen) atoms. The average molecular weight is 789 g/mol. The van der Waals surface area contributed by atoms with Crippen LogP contribution in [-0.4, -0.2) is 138 Å². The highest BCUT2D eigenvalue weighted by Crippen LogP contribution is 2.08. The molecule has 3 heterocycles. The minimum atomic E-state index is -0.960. The lowest BCUT2D eigenvalue weighted by Crippen LogP contribution is -2.35. The van der Waals surface area contributed by atoms with Crippen LogP contribution >= 0.6 is 0 Å². The third-order valence-corrected chi connectivity index (χ3v) is 5.91. The van der Waals surface area contributed by atoms with Gasteiger partial charge in [-0.05, 0) is 30.2 Å². The third kappa shape index (κ3) is 23.3. The van der Waals surface area contributed by atoms with Gasteiger partial charge in [0.05, 0.1) is 33.3 Å². The number of hydrogen-bond donors (Lipinski definition) is 4. The summed E-state index contributed by atoms with van der Waals surface area (Å²) >= 11 is 4.10. The van der Waals surface area contributed by atoms with Gasteiger partial charge in [0.25, 0.3) is 35.4 Å². The highest BCUT2D eigenvalue weighted by molar-refractivity contribution is 7.47. The predicted molar refractivity (Wildman–Crippen MR) is 180 cm³/mol. The van der Waals surface area contributed by atoms with E-state index in [0.717, 1.165) is 29.1 Å². The molecule has 24 heteroatoms. The van der Waals surface area contributed by atoms with E-state index in [0.29, 0.717) is 56.8 Å². The first-order chi connectivity index (χ1) is 25.5. The zero-order chi connectivity index (χ0) is 41.6. The first kappa shape index (κ1) is 49.8. The molecule has 0 saturated carbocycles. The number of imide groups is 5. The maximum atomic E-state index is 11.1. The molecule has 0 radical (unpaired) electrons. The molecule has 8 amide bonds. The number of ether oxygens (including phenoxy) is 3. The summed E-state index contributed by atoms with van der Waals surface area (Å²) in [6, 6.07) is 0. The topological polar surface area (TPSA) is 339 Å². The summed E-state index contributed by atoms with van der Waals surface area (Å²) in [7, 11) is 2.32. The molecule has 3 aliphatic rings. The van der Waals surface area contributed by atoms with E-state index >= 15 is 0 Å². The number of carboxylic acid groups (broad SMARTS) is 2. The molecular formula is C30H40N6O17S. The van der Waals surface area contributed by atoms with Crippen LogP contribution in [0.2, 0.25) is 0 Å². The van der Waals surface area contributed by atoms with Gasteiger partial charge >= 0.3 is 30.1 Å². The third-order valence-electron chi connectivity index (χ3n) is 5.83. The Bertz CT molecular complexity index is 1430. The van der Waals surface area contributed by atoms with Gasteiger partial charge in [0.2, 0.25) is 0 Å². The highest BCUT2D eigenvalue weighted by atomic mass is 32.1. The van der Waals surface area contributed by atoms with Crippen LogP contribution < -0.4 is 11.5 Å². The Morgan fingerprint density at radius 2 is 1.09 bits per heavy atom. The van der Waals surface area contributed by atoms with Crippen LogP contribution in [-0.2, 0) is 74.6 Å². The van der Waals surface area contributed by atoms with Crippen LogP contribution in [0.4, 0.5) is 9.59 Å². The molecule has 298 valence electrons. The number of hydrogen-bond acceptors (Lipinski definition) is 18. The van der Waals surface area contributed by atoms with Crippen molar-refractivity contribution in [1.82, 2.24) is 14.7 Å². The monoisotopic (exact) mass is 788 g/mol. The summed E-state index contributed by atoms with van der Waals surface area (Å²) in [6.07, 6.45) is 7.55. The molecule has 6 N–H and O–H groups in total. The van der Waals surface area contributed by atoms with Crippen molar-refractivity contribution < 1.29 is 82.0 Å². The Kier molecular flexibility index (Phi) is 27.1. The first-order valence-electron chi connectivity index (χ1n) is 15.3. The fraction of sp³-hybridized carbons (Fsp3) is 0.433. The Morgan fingerprint density at radius 3 is 1.43 bits per heavy atom. The van der Waals surface area contributed by atoms with Gasteiger partial charge in [0.1, 0.15) is 6.61 Å². The molecule has 0 aromatic rings. The van der Waals surface area contributed by atoms with Crippen LogP contribution in [0.3, 0.4) is 0 Å². The molecule has 3 rings (SSSR count). The van der Waals surface area contributed by atoms with Crippen LogP contribution in [0.15, 0.2) is 41.0 Å². The van der Waals surface area contributed by atoms with Gasteiger partial charge in [-0.25, -0.2) is 19.2 Å². The molecule has 0 fully saturated rings. The number of amides is 8. The van der Waals surface area contributed by atoms with Crippen molar-refractivity contribution in [1.29, 1.82) is 0 Å². The largest absolute Gasteiger partial charge is 0.481 e. The van der Waals surface area contributed by atoms with Crippen LogP contribution in [0, 0.1) is 0 Å². The second kappa shape index (κ2) is 29.3. The average Bonchev–Trinajstić information content (AvgIpc) is 3.75. The smallest absolute Gasteiger partial charge is 0.423 e. The fourth-order valence-corrected chi connectivity index (χ4v) is 3.47. The first-order valence-corrected chi connectivity index (χ1v) is 15.6. The lowest BCUT2D eigenvalue weighted by molar-refractivity contribution is -0.144. The Balaban J connectivity index is 0. The zero-order valence-corrected chi connectivity index (χ0v) is 29.9. The van der Waals surface area contributed by atoms with Crippen molar-refractivity contribution in [3.63, 3.8) is 0 Å². The summed E-state index contributed by atoms with van der Waals surface area (Å²) < 4.78 is 15.4. The summed E-state index contributed by atoms with van der Waals surface area (Å²) in [4.78, 5) is 123. The number of carbonyl (C=O) groups excluding carboxylic acids is 9. The molecule has 0 aromatic heterocycles. The van der Waals surface area contributed by atoms with Crippen LogP contribution in [0.5, 0.6) is 0 Å². The van der Waals surface area contributed by atoms with E-state index in [9.17, 15) is 52.7 Å². The van der Waals surface area contributed by atoms with E-state index in [-0.39, 0.29) is 43.1 Å². The summed E-state index contributed by atoms with van der Waals surface area (Å²) in [5.74, 6) is -4.91. The predicted octanol–water partition coefficient (Wildman–Crippen LogP) is -1.13. The minimum absolute atomic E-state index is 0.0731. The maximum Gasteiger partial charge on any atom is 0.423 e. The quantitative estimate of drug-likeness (QED) is 0.0866. The Morgan fingerprint density at radius 1 is 0.685 bits per heavy atom. The number of carbonyl (C=O) groups is 11. The van der Waals surface area contributed by atoms with Gasteiger partial charge in [-0.2, -0.15) is 4.90 Å². The van der Waals surface area contributed by atoms with E-state index in [1.54, 1.807) is 0 Å². The second-order valence-corrected chi connectivity index (χ2v) is 9.89. The number of unbranched alkanes of at least 4 members (excludes halogenated alkanes) is 2. The number of rotatable bonds is 15. The van der Waals surface area contributed by atoms with E-state index in [4.69, 9.17) is 15.9 Å². The number of aliphatic carboxylic acids is 2. The Hall–Kier alpha value is -6.27. The van der Waals surface area contributed by atoms with Crippen molar-refractivity contribution in [3.05, 3.63) is 36.5 Å². The molecule has 23 nitrogen and oxygen atoms in total. The van der Waals surface area contributed by atoms with Crippen molar-refractivity contribution in [2.45, 2.75) is 38.5 Å². The molecule has 0 aromatic carbocycles. The number of primary amides is 1. The van der Waals surface area contributed by atoms with Gasteiger partial charge < -0.3 is 40.7 Å². The van der Waals surface area contributed by atoms with Crippen molar-refractivity contribution >= 4 is 78.0 Å². The normalized spacial score (nSPS) is 13.4. The molecule has 0 unspecified atom stereocenters. The van der Waals surface area contributed by atoms with Crippen molar-refractivity contribution in [2.24, 2.45) is 16.0 Å². The zero-order valence-electron chi connectivity index (χ0n) is 29.1. The SMILES string of the molecule is COC(=O)N1C(=O)C=CC1=O.COC(N)=O.NCCOCC(=O)O.O=C(CCCCN1C(=O)C=CC1=O)ON=S.O=C(O)CCCCN1C(=O)C=CC1=O. The van der Waals surface area contributed by atoms with Gasteiger partial charge in [-0.1, -0.05) is 0 Å². The molecule has 0 spiro atoms. The maximum absolute atomic E-state index is 11.1. The lowest BCUT2D eigenvalue weighted by Gasteiger charge is -2.12. The van der Waals surface area contributed by atoms with Gasteiger partial charge in [-0.3, -0.25) is 43.4 Å². The van der Waals surface area contributed by atoms with Gasteiger partial charge in [0, 0.05) is 68.9 Å². The van der Waals surface area contributed by atoms with Gasteiger partial charge in [0.15, 0.2) is 0 Å². The van der Waals surface area contributed by atoms with Crippen molar-refractivity contribution in [3.8, 4) is 0 Å². The number of nitrogens with zero attached hydrogens (tertiary/aromatic N) is 4. The summed E-state index contributed by atoms with van der Waals surface area (Å²) in [6.45, 7) is 1.04. The standard InChI is InChI=1S/C9H10N2O4S.C9H11NO4.C6H5NO4.C4H9NO3.C2H5NO2/c12-7-4-5-8(13)11(7)6-2-1-3-9(14)15-10-16;11-7-4-5-8(12)10(7)6-2-1-3-9(13)14;1-11-6(10)7-4(8)2-3-5(7)9;5-1-2-8-3-4(6)7;1-5-2(3)4/h4-5H,1-3,6H2;4-5H,1-3,6H2,(H,13,14);2-3H,1H3;1-3,5H2,(H,6,7);1H3,(H2,3,4). The molecular weight excluding hydrogens is 748 g/mol. The summed E-state index contributed by atoms with van der Waals surface area (Å²) in [5, 5.41) is 16.3. The van der Waals surface area contributed by atoms with E-state index in [2.05, 4.69) is 41.7 Å². The van der Waals surface area contributed by atoms with Crippen molar-refractivity contribution in [2.75, 3.05) is 47.1 Å². The molecule has 0 aliphatic carbocycles. The summed E-state index contributed by atoms with van der Waals surface area (Å²) in [5.41, 5.74) is 9.43. The van der Waals surface area contributed by atoms with Gasteiger partial charge in [-0.15, -0.1) is 0 Å². The highest BCUT2D eigenvalue weighted by Gasteiger charge is 2.30. The molecule has 3 aliphatic heterocycles. The van der Waals surface area contributed by atoms with E-state index in [1.807, 2.05) is 0 Å². The second-order valence-electron chi connectivity index (χ2n) is 9.74. The number of methoxy groups -OCH3 is 2. The van der Waals surface area contributed by atoms with E-state index in [1.165, 1.54) is 31.4 Å². The molecule has 0 bridgehead atoms. The molecule has 0 saturated heterocycles. The van der Waals surface area contributed by atoms with Crippen LogP contribution in [0.1, 0.15) is 38.5 Å². The Labute approximate surface area is 312 Å². The fourth-order valence-electron chi connectivity index (χ4n) is 3.39. The lowest BCUT2D eigenvalue weighted by atomic mass is 10.2. The molecule has 0 atom stereocenters. The van der Waals surface area contributed by atoms with Crippen LogP contribution in [0.25, 0.3) is 0 Å².